The highest BCUT2D eigenvalue weighted by Gasteiger charge is 2.13. The van der Waals surface area contributed by atoms with E-state index in [0.29, 0.717) is 0 Å². The topological polar surface area (TPSA) is 0 Å². The Morgan fingerprint density at radius 3 is 2.00 bits per heavy atom. The van der Waals surface area contributed by atoms with Crippen molar-refractivity contribution in [3.8, 4) is 0 Å². The van der Waals surface area contributed by atoms with Gasteiger partial charge in [0.15, 0.2) is 0 Å². The molecule has 0 bridgehead atoms. The zero-order valence-corrected chi connectivity index (χ0v) is 7.19. The van der Waals surface area contributed by atoms with Crippen molar-refractivity contribution in [1.29, 1.82) is 0 Å². The van der Waals surface area contributed by atoms with Crippen LogP contribution in [0.2, 0.25) is 13.1 Å². The molecule has 10 heavy (non-hydrogen) atoms. The summed E-state index contributed by atoms with van der Waals surface area (Å²) in [7, 11) is -0.395. The Morgan fingerprint density at radius 1 is 1.10 bits per heavy atom. The highest BCUT2D eigenvalue weighted by atomic mass is 28.3. The van der Waals surface area contributed by atoms with Crippen molar-refractivity contribution in [2.45, 2.75) is 13.1 Å². The van der Waals surface area contributed by atoms with Gasteiger partial charge in [-0.05, 0) is 24.3 Å². The molecule has 2 heteroatoms. The van der Waals surface area contributed by atoms with Crippen molar-refractivity contribution >= 4 is 14.0 Å². The van der Waals surface area contributed by atoms with Crippen molar-refractivity contribution in [2.24, 2.45) is 0 Å². The number of benzene rings is 1. The molecule has 1 rings (SSSR count). The smallest absolute Gasteiger partial charge is 0.207 e. The van der Waals surface area contributed by atoms with Crippen LogP contribution in [-0.4, -0.2) is 8.80 Å². The van der Waals surface area contributed by atoms with Gasteiger partial charge in [-0.15, -0.1) is 0 Å². The summed E-state index contributed by atoms with van der Waals surface area (Å²) in [5, 5.41) is 1.28. The molecule has 0 heterocycles. The van der Waals surface area contributed by atoms with Crippen LogP contribution in [-0.2, 0) is 0 Å². The van der Waals surface area contributed by atoms with E-state index in [2.05, 4.69) is 13.1 Å². The monoisotopic (exact) mass is 153 g/mol. The van der Waals surface area contributed by atoms with Crippen molar-refractivity contribution < 1.29 is 4.39 Å². The van der Waals surface area contributed by atoms with Gasteiger partial charge in [0.2, 0.25) is 0 Å². The third-order valence-corrected chi connectivity index (χ3v) is 2.91. The lowest BCUT2D eigenvalue weighted by molar-refractivity contribution is 0.628. The minimum atomic E-state index is -0.395. The van der Waals surface area contributed by atoms with Gasteiger partial charge in [0.25, 0.3) is 0 Å². The van der Waals surface area contributed by atoms with Gasteiger partial charge in [0.05, 0.1) is 18.3 Å². The molecule has 0 aromatic heterocycles. The summed E-state index contributed by atoms with van der Waals surface area (Å²) in [6.45, 7) is 4.38. The summed E-state index contributed by atoms with van der Waals surface area (Å²) in [6.07, 6.45) is 0. The molecule has 0 radical (unpaired) electrons. The van der Waals surface area contributed by atoms with Crippen molar-refractivity contribution in [3.63, 3.8) is 0 Å². The van der Waals surface area contributed by atoms with Crippen molar-refractivity contribution in [1.82, 2.24) is 0 Å². The zero-order chi connectivity index (χ0) is 7.56. The molecule has 0 aliphatic rings. The van der Waals surface area contributed by atoms with Crippen LogP contribution in [0, 0.1) is 5.82 Å². The van der Waals surface area contributed by atoms with Crippen LogP contribution in [0.4, 0.5) is 4.39 Å². The average Bonchev–Trinajstić information content (AvgIpc) is 1.88. The molecule has 0 saturated heterocycles. The number of hydrogen-bond donors (Lipinski definition) is 0. The fourth-order valence-electron chi connectivity index (χ4n) is 0.783. The molecule has 1 aromatic carbocycles. The molecule has 0 saturated carbocycles. The van der Waals surface area contributed by atoms with Gasteiger partial charge in [-0.3, -0.25) is 0 Å². The third kappa shape index (κ3) is 1.67. The summed E-state index contributed by atoms with van der Waals surface area (Å²) < 4.78 is 12.4. The maximum absolute atomic E-state index is 12.4. The second kappa shape index (κ2) is 2.97. The molecule has 0 atom stereocenters. The molecule has 0 spiro atoms. The molecule has 0 nitrogen and oxygen atoms in total. The van der Waals surface area contributed by atoms with Crippen molar-refractivity contribution in [2.75, 3.05) is 0 Å². The number of rotatable bonds is 1. The number of halogens is 1. The molecular formula is C8H10FSi+. The predicted octanol–water partition coefficient (Wildman–Crippen LogP) is 1.79. The summed E-state index contributed by atoms with van der Waals surface area (Å²) in [5.41, 5.74) is 0. The summed E-state index contributed by atoms with van der Waals surface area (Å²) in [5.74, 6) is -0.146. The van der Waals surface area contributed by atoms with Crippen LogP contribution in [0.3, 0.4) is 0 Å². The Balaban J connectivity index is 2.89. The summed E-state index contributed by atoms with van der Waals surface area (Å²) in [4.78, 5) is 0. The van der Waals surface area contributed by atoms with Crippen LogP contribution in [0.25, 0.3) is 0 Å². The molecule has 0 N–H and O–H groups in total. The van der Waals surface area contributed by atoms with Crippen LogP contribution < -0.4 is 5.19 Å². The molecule has 0 aliphatic heterocycles. The molecular weight excluding hydrogens is 143 g/mol. The fraction of sp³-hybridized carbons (Fsp3) is 0.250. The quantitative estimate of drug-likeness (QED) is 0.540. The van der Waals surface area contributed by atoms with E-state index < -0.39 is 8.80 Å². The van der Waals surface area contributed by atoms with E-state index in [9.17, 15) is 4.39 Å². The highest BCUT2D eigenvalue weighted by molar-refractivity contribution is 6.70. The zero-order valence-electron chi connectivity index (χ0n) is 6.19. The first-order valence-electron chi connectivity index (χ1n) is 3.26. The Bertz CT molecular complexity index is 203. The first-order valence-corrected chi connectivity index (χ1v) is 5.76. The van der Waals surface area contributed by atoms with Crippen LogP contribution in [0.5, 0.6) is 0 Å². The lowest BCUT2D eigenvalue weighted by Gasteiger charge is -1.89. The second-order valence-electron chi connectivity index (χ2n) is 2.51. The lowest BCUT2D eigenvalue weighted by atomic mass is 10.3. The van der Waals surface area contributed by atoms with Gasteiger partial charge in [0, 0.05) is 0 Å². The highest BCUT2D eigenvalue weighted by Crippen LogP contribution is 1.93. The fourth-order valence-corrected chi connectivity index (χ4v) is 1.62. The summed E-state index contributed by atoms with van der Waals surface area (Å²) in [6, 6.07) is 6.77. The van der Waals surface area contributed by atoms with Gasteiger partial charge < -0.3 is 0 Å². The standard InChI is InChI=1S/C8H10FSi/c1-10(2)8-5-3-7(9)4-6-8/h3-6H,1-2H3/q+1. The maximum Gasteiger partial charge on any atom is 0.345 e. The largest absolute Gasteiger partial charge is 0.345 e. The van der Waals surface area contributed by atoms with E-state index in [1.54, 1.807) is 0 Å². The Morgan fingerprint density at radius 2 is 1.60 bits per heavy atom. The maximum atomic E-state index is 12.4. The van der Waals surface area contributed by atoms with Crippen LogP contribution in [0.15, 0.2) is 24.3 Å². The molecule has 52 valence electrons. The Hall–Kier alpha value is -0.633. The minimum Gasteiger partial charge on any atom is -0.207 e. The second-order valence-corrected chi connectivity index (χ2v) is 5.08. The van der Waals surface area contributed by atoms with Crippen molar-refractivity contribution in [3.05, 3.63) is 30.1 Å². The Kier molecular flexibility index (Phi) is 2.22. The molecule has 0 fully saturated rings. The molecule has 0 unspecified atom stereocenters. The van der Waals surface area contributed by atoms with E-state index in [1.165, 1.54) is 17.3 Å². The SMILES string of the molecule is C[Si+](C)c1ccc(F)cc1. The molecule has 0 amide bonds. The van der Waals surface area contributed by atoms with Gasteiger partial charge in [-0.1, -0.05) is 0 Å². The first kappa shape index (κ1) is 7.47. The minimum absolute atomic E-state index is 0.146. The van der Waals surface area contributed by atoms with Crippen LogP contribution in [0.1, 0.15) is 0 Å². The van der Waals surface area contributed by atoms with Gasteiger partial charge in [0.1, 0.15) is 5.82 Å². The first-order chi connectivity index (χ1) is 4.70. The van der Waals surface area contributed by atoms with Gasteiger partial charge >= 0.3 is 8.80 Å². The van der Waals surface area contributed by atoms with E-state index in [4.69, 9.17) is 0 Å². The van der Waals surface area contributed by atoms with Gasteiger partial charge in [-0.25, -0.2) is 4.39 Å². The number of hydrogen-bond acceptors (Lipinski definition) is 0. The van der Waals surface area contributed by atoms with E-state index in [0.717, 1.165) is 0 Å². The van der Waals surface area contributed by atoms with Crippen LogP contribution >= 0.6 is 0 Å². The lowest BCUT2D eigenvalue weighted by Crippen LogP contribution is -2.21. The third-order valence-electron chi connectivity index (χ3n) is 1.42. The predicted molar refractivity (Wildman–Crippen MR) is 43.5 cm³/mol. The normalized spacial score (nSPS) is 9.50. The van der Waals surface area contributed by atoms with E-state index in [-0.39, 0.29) is 5.82 Å². The molecule has 1 aromatic rings. The van der Waals surface area contributed by atoms with Gasteiger partial charge in [-0.2, -0.15) is 0 Å². The molecule has 0 aliphatic carbocycles. The summed E-state index contributed by atoms with van der Waals surface area (Å²) >= 11 is 0. The van der Waals surface area contributed by atoms with E-state index in [1.807, 2.05) is 12.1 Å². The Labute approximate surface area is 62.3 Å². The average molecular weight is 153 g/mol. The van der Waals surface area contributed by atoms with E-state index >= 15 is 0 Å².